The van der Waals surface area contributed by atoms with Crippen molar-refractivity contribution in [3.8, 4) is 0 Å². The highest BCUT2D eigenvalue weighted by Crippen LogP contribution is 2.20. The molecule has 1 aromatic carbocycles. The number of nitrogens with one attached hydrogen (secondary N) is 1. The van der Waals surface area contributed by atoms with Gasteiger partial charge in [-0.3, -0.25) is 0 Å². The third kappa shape index (κ3) is 3.44. The minimum absolute atomic E-state index is 0.473. The Hall–Kier alpha value is -0.580. The van der Waals surface area contributed by atoms with Crippen molar-refractivity contribution in [1.82, 2.24) is 5.32 Å². The quantitative estimate of drug-likeness (QED) is 0.840. The number of hydrogen-bond donors (Lipinski definition) is 2. The van der Waals surface area contributed by atoms with Gasteiger partial charge in [0.25, 0.3) is 0 Å². The van der Waals surface area contributed by atoms with Crippen molar-refractivity contribution < 1.29 is 4.74 Å². The Morgan fingerprint density at radius 2 is 2.41 bits per heavy atom. The van der Waals surface area contributed by atoms with Crippen molar-refractivity contribution >= 4 is 21.6 Å². The molecule has 3 N–H and O–H groups in total. The second-order valence-electron chi connectivity index (χ2n) is 4.64. The van der Waals surface area contributed by atoms with Gasteiger partial charge in [-0.05, 0) is 37.0 Å². The Labute approximate surface area is 111 Å². The van der Waals surface area contributed by atoms with Gasteiger partial charge >= 0.3 is 0 Å². The Kier molecular flexibility index (Phi) is 4.42. The van der Waals surface area contributed by atoms with E-state index in [9.17, 15) is 0 Å². The topological polar surface area (TPSA) is 47.3 Å². The smallest absolute Gasteiger partial charge is 0.0509 e. The van der Waals surface area contributed by atoms with Crippen LogP contribution in [0.1, 0.15) is 18.9 Å². The zero-order chi connectivity index (χ0) is 12.3. The molecule has 1 heterocycles. The fourth-order valence-electron chi connectivity index (χ4n) is 2.11. The molecule has 2 unspecified atom stereocenters. The van der Waals surface area contributed by atoms with Gasteiger partial charge in [-0.1, -0.05) is 22.0 Å². The molecule has 0 amide bonds. The maximum Gasteiger partial charge on any atom is 0.0509 e. The lowest BCUT2D eigenvalue weighted by Crippen LogP contribution is -2.33. The molecule has 0 bridgehead atoms. The Morgan fingerprint density at radius 3 is 3.06 bits per heavy atom. The molecule has 1 saturated heterocycles. The third-order valence-electron chi connectivity index (χ3n) is 3.39. The van der Waals surface area contributed by atoms with E-state index in [0.717, 1.165) is 41.9 Å². The SMILES string of the molecule is CC(NCc1ccc(Br)cc1N)C1CCOC1. The van der Waals surface area contributed by atoms with Crippen LogP contribution in [0, 0.1) is 5.92 Å². The molecule has 94 valence electrons. The lowest BCUT2D eigenvalue weighted by atomic mass is 10.0. The van der Waals surface area contributed by atoms with Crippen LogP contribution in [0.4, 0.5) is 5.69 Å². The van der Waals surface area contributed by atoms with E-state index in [1.165, 1.54) is 0 Å². The molecule has 2 atom stereocenters. The van der Waals surface area contributed by atoms with Gasteiger partial charge in [-0.2, -0.15) is 0 Å². The standard InChI is InChI=1S/C13H19BrN2O/c1-9(11-4-5-17-8-11)16-7-10-2-3-12(14)6-13(10)15/h2-3,6,9,11,16H,4-5,7-8,15H2,1H3. The Morgan fingerprint density at radius 1 is 1.59 bits per heavy atom. The number of benzene rings is 1. The summed E-state index contributed by atoms with van der Waals surface area (Å²) in [6, 6.07) is 6.50. The molecule has 0 spiro atoms. The maximum atomic E-state index is 5.97. The maximum absolute atomic E-state index is 5.97. The minimum Gasteiger partial charge on any atom is -0.398 e. The van der Waals surface area contributed by atoms with Crippen LogP contribution in [0.2, 0.25) is 0 Å². The summed E-state index contributed by atoms with van der Waals surface area (Å²) >= 11 is 3.41. The zero-order valence-corrected chi connectivity index (χ0v) is 11.7. The van der Waals surface area contributed by atoms with Crippen LogP contribution in [-0.2, 0) is 11.3 Å². The zero-order valence-electron chi connectivity index (χ0n) is 10.1. The van der Waals surface area contributed by atoms with Crippen LogP contribution in [-0.4, -0.2) is 19.3 Å². The van der Waals surface area contributed by atoms with Crippen molar-refractivity contribution in [3.63, 3.8) is 0 Å². The second-order valence-corrected chi connectivity index (χ2v) is 5.55. The number of nitrogen functional groups attached to an aromatic ring is 1. The predicted octanol–water partition coefficient (Wildman–Crippen LogP) is 2.55. The number of halogens is 1. The van der Waals surface area contributed by atoms with Gasteiger partial charge in [0, 0.05) is 29.4 Å². The Balaban J connectivity index is 1.88. The van der Waals surface area contributed by atoms with Crippen molar-refractivity contribution in [2.75, 3.05) is 18.9 Å². The fourth-order valence-corrected chi connectivity index (χ4v) is 2.49. The Bertz CT molecular complexity index is 378. The first kappa shape index (κ1) is 12.9. The van der Waals surface area contributed by atoms with Crippen molar-refractivity contribution in [2.24, 2.45) is 5.92 Å². The molecule has 1 aliphatic rings. The summed E-state index contributed by atoms with van der Waals surface area (Å²) in [6.07, 6.45) is 1.16. The number of hydrogen-bond acceptors (Lipinski definition) is 3. The van der Waals surface area contributed by atoms with E-state index in [4.69, 9.17) is 10.5 Å². The van der Waals surface area contributed by atoms with Gasteiger partial charge in [0.15, 0.2) is 0 Å². The molecular formula is C13H19BrN2O. The van der Waals surface area contributed by atoms with E-state index >= 15 is 0 Å². The largest absolute Gasteiger partial charge is 0.398 e. The minimum atomic E-state index is 0.473. The van der Waals surface area contributed by atoms with Gasteiger partial charge < -0.3 is 15.8 Å². The number of ether oxygens (including phenoxy) is 1. The first-order valence-electron chi connectivity index (χ1n) is 6.02. The molecular weight excluding hydrogens is 280 g/mol. The molecule has 0 aliphatic carbocycles. The fraction of sp³-hybridized carbons (Fsp3) is 0.538. The average molecular weight is 299 g/mol. The highest BCUT2D eigenvalue weighted by Gasteiger charge is 2.21. The average Bonchev–Trinajstić information content (AvgIpc) is 2.81. The highest BCUT2D eigenvalue weighted by atomic mass is 79.9. The van der Waals surface area contributed by atoms with E-state index in [2.05, 4.69) is 34.2 Å². The molecule has 0 saturated carbocycles. The number of nitrogens with two attached hydrogens (primary N) is 1. The van der Waals surface area contributed by atoms with E-state index in [1.807, 2.05) is 12.1 Å². The molecule has 1 aliphatic heterocycles. The van der Waals surface area contributed by atoms with Gasteiger partial charge in [0.2, 0.25) is 0 Å². The van der Waals surface area contributed by atoms with Crippen LogP contribution in [0.15, 0.2) is 22.7 Å². The van der Waals surface area contributed by atoms with Crippen molar-refractivity contribution in [2.45, 2.75) is 25.9 Å². The van der Waals surface area contributed by atoms with Crippen molar-refractivity contribution in [1.29, 1.82) is 0 Å². The first-order chi connectivity index (χ1) is 8.16. The monoisotopic (exact) mass is 298 g/mol. The van der Waals surface area contributed by atoms with E-state index in [-0.39, 0.29) is 0 Å². The molecule has 1 fully saturated rings. The summed E-state index contributed by atoms with van der Waals surface area (Å²) < 4.78 is 6.42. The third-order valence-corrected chi connectivity index (χ3v) is 3.89. The number of rotatable bonds is 4. The summed E-state index contributed by atoms with van der Waals surface area (Å²) in [5.41, 5.74) is 7.95. The predicted molar refractivity (Wildman–Crippen MR) is 73.8 cm³/mol. The van der Waals surface area contributed by atoms with Gasteiger partial charge in [-0.15, -0.1) is 0 Å². The van der Waals surface area contributed by atoms with Gasteiger partial charge in [0.05, 0.1) is 6.61 Å². The molecule has 0 radical (unpaired) electrons. The van der Waals surface area contributed by atoms with Crippen LogP contribution in [0.5, 0.6) is 0 Å². The van der Waals surface area contributed by atoms with Crippen LogP contribution in [0.25, 0.3) is 0 Å². The van der Waals surface area contributed by atoms with Gasteiger partial charge in [-0.25, -0.2) is 0 Å². The molecule has 2 rings (SSSR count). The molecule has 4 heteroatoms. The van der Waals surface area contributed by atoms with E-state index in [0.29, 0.717) is 12.0 Å². The molecule has 3 nitrogen and oxygen atoms in total. The summed E-state index contributed by atoms with van der Waals surface area (Å²) in [5, 5.41) is 3.53. The van der Waals surface area contributed by atoms with Crippen molar-refractivity contribution in [3.05, 3.63) is 28.2 Å². The van der Waals surface area contributed by atoms with E-state index < -0.39 is 0 Å². The summed E-state index contributed by atoms with van der Waals surface area (Å²) in [4.78, 5) is 0. The molecule has 17 heavy (non-hydrogen) atoms. The van der Waals surface area contributed by atoms with E-state index in [1.54, 1.807) is 0 Å². The van der Waals surface area contributed by atoms with Crippen LogP contribution in [0.3, 0.4) is 0 Å². The normalized spacial score (nSPS) is 21.6. The van der Waals surface area contributed by atoms with Crippen LogP contribution >= 0.6 is 15.9 Å². The summed E-state index contributed by atoms with van der Waals surface area (Å²) in [6.45, 7) is 4.81. The first-order valence-corrected chi connectivity index (χ1v) is 6.81. The lowest BCUT2D eigenvalue weighted by Gasteiger charge is -2.19. The summed E-state index contributed by atoms with van der Waals surface area (Å²) in [7, 11) is 0. The summed E-state index contributed by atoms with van der Waals surface area (Å²) in [5.74, 6) is 0.631. The lowest BCUT2D eigenvalue weighted by molar-refractivity contribution is 0.178. The van der Waals surface area contributed by atoms with Crippen LogP contribution < -0.4 is 11.1 Å². The second kappa shape index (κ2) is 5.85. The number of anilines is 1. The molecule has 0 aromatic heterocycles. The molecule has 1 aromatic rings. The highest BCUT2D eigenvalue weighted by molar-refractivity contribution is 9.10. The van der Waals surface area contributed by atoms with Gasteiger partial charge in [0.1, 0.15) is 0 Å².